The maximum absolute atomic E-state index is 13.3. The number of H-pyrrole nitrogens is 2. The smallest absolute Gasteiger partial charge is 0.272 e. The van der Waals surface area contributed by atoms with Gasteiger partial charge in [-0.3, -0.25) is 14.8 Å². The van der Waals surface area contributed by atoms with Gasteiger partial charge in [0.1, 0.15) is 5.82 Å². The fourth-order valence-corrected chi connectivity index (χ4v) is 3.11. The highest BCUT2D eigenvalue weighted by Gasteiger charge is 2.09. The number of aromatic nitrogens is 4. The molecule has 0 saturated carbocycles. The van der Waals surface area contributed by atoms with Gasteiger partial charge in [-0.25, -0.2) is 13.9 Å². The Labute approximate surface area is 142 Å². The van der Waals surface area contributed by atoms with Gasteiger partial charge in [-0.15, -0.1) is 0 Å². The summed E-state index contributed by atoms with van der Waals surface area (Å²) in [5.74, 6) is -0.244. The van der Waals surface area contributed by atoms with E-state index in [2.05, 4.69) is 20.0 Å². The van der Waals surface area contributed by atoms with Crippen molar-refractivity contribution in [3.63, 3.8) is 0 Å². The highest BCUT2D eigenvalue weighted by atomic mass is 19.1. The molecule has 4 rings (SSSR count). The van der Waals surface area contributed by atoms with Crippen LogP contribution in [-0.2, 0) is 13.1 Å². The molecule has 0 aliphatic rings. The van der Waals surface area contributed by atoms with Gasteiger partial charge in [0.2, 0.25) is 0 Å². The van der Waals surface area contributed by atoms with Gasteiger partial charge in [-0.1, -0.05) is 0 Å². The number of halogens is 1. The van der Waals surface area contributed by atoms with Crippen molar-refractivity contribution in [2.45, 2.75) is 20.0 Å². The molecule has 0 saturated heterocycles. The van der Waals surface area contributed by atoms with Crippen molar-refractivity contribution >= 4 is 16.6 Å². The number of nitrogens with one attached hydrogen (secondary N) is 2. The Balaban J connectivity index is 1.54. The van der Waals surface area contributed by atoms with Gasteiger partial charge >= 0.3 is 0 Å². The predicted octanol–water partition coefficient (Wildman–Crippen LogP) is 2.58. The summed E-state index contributed by atoms with van der Waals surface area (Å²) in [6.45, 7) is 3.07. The fraction of sp³-hybridized carbons (Fsp3) is 0.222. The summed E-state index contributed by atoms with van der Waals surface area (Å²) in [5.41, 5.74) is 4.00. The molecule has 3 aromatic heterocycles. The first kappa shape index (κ1) is 15.6. The molecule has 25 heavy (non-hydrogen) atoms. The van der Waals surface area contributed by atoms with Crippen molar-refractivity contribution < 1.29 is 4.39 Å². The van der Waals surface area contributed by atoms with Gasteiger partial charge in [0.15, 0.2) is 5.65 Å². The van der Waals surface area contributed by atoms with E-state index in [1.54, 1.807) is 12.1 Å². The van der Waals surface area contributed by atoms with Gasteiger partial charge in [0, 0.05) is 47.5 Å². The third-order valence-corrected chi connectivity index (χ3v) is 4.14. The number of hydrogen-bond acceptors (Lipinski definition) is 3. The number of aryl methyl sites for hydroxylation is 1. The Morgan fingerprint density at radius 3 is 2.88 bits per heavy atom. The van der Waals surface area contributed by atoms with E-state index < -0.39 is 0 Å². The van der Waals surface area contributed by atoms with E-state index in [9.17, 15) is 9.18 Å². The van der Waals surface area contributed by atoms with Crippen molar-refractivity contribution in [3.8, 4) is 0 Å². The molecule has 4 aromatic rings. The zero-order chi connectivity index (χ0) is 17.6. The van der Waals surface area contributed by atoms with Crippen LogP contribution in [0.25, 0.3) is 16.6 Å². The highest BCUT2D eigenvalue weighted by molar-refractivity contribution is 5.80. The lowest BCUT2D eigenvalue weighted by Gasteiger charge is -2.15. The van der Waals surface area contributed by atoms with E-state index >= 15 is 0 Å². The zero-order valence-electron chi connectivity index (χ0n) is 14.0. The van der Waals surface area contributed by atoms with Gasteiger partial charge in [-0.2, -0.15) is 0 Å². The standard InChI is InChI=1S/C18H18FN5O/c1-11-5-17-21-15(8-18(25)24(17)22-11)10-23(2)9-14-7-12-6-13(19)3-4-16(12)20-14/h3-8,20,22H,9-10H2,1-2H3. The Bertz CT molecular complexity index is 1120. The molecular formula is C18H18FN5O. The lowest BCUT2D eigenvalue weighted by Crippen LogP contribution is -2.22. The molecule has 3 heterocycles. The van der Waals surface area contributed by atoms with E-state index in [0.717, 1.165) is 22.3 Å². The van der Waals surface area contributed by atoms with Gasteiger partial charge < -0.3 is 4.98 Å². The topological polar surface area (TPSA) is 69.2 Å². The van der Waals surface area contributed by atoms with Crippen LogP contribution < -0.4 is 5.56 Å². The molecular weight excluding hydrogens is 321 g/mol. The minimum Gasteiger partial charge on any atom is -0.357 e. The molecule has 0 radical (unpaired) electrons. The average molecular weight is 339 g/mol. The van der Waals surface area contributed by atoms with E-state index in [4.69, 9.17) is 0 Å². The molecule has 0 fully saturated rings. The first-order valence-electron chi connectivity index (χ1n) is 8.02. The van der Waals surface area contributed by atoms with Crippen molar-refractivity contribution in [1.82, 2.24) is 24.5 Å². The van der Waals surface area contributed by atoms with Crippen LogP contribution >= 0.6 is 0 Å². The fourth-order valence-electron chi connectivity index (χ4n) is 3.11. The van der Waals surface area contributed by atoms with Crippen LogP contribution in [0.1, 0.15) is 17.1 Å². The Morgan fingerprint density at radius 2 is 2.04 bits per heavy atom. The minimum absolute atomic E-state index is 0.123. The summed E-state index contributed by atoms with van der Waals surface area (Å²) < 4.78 is 14.7. The number of nitrogens with zero attached hydrogens (tertiary/aromatic N) is 3. The molecule has 0 unspecified atom stereocenters. The van der Waals surface area contributed by atoms with E-state index in [-0.39, 0.29) is 11.4 Å². The van der Waals surface area contributed by atoms with E-state index in [1.807, 2.05) is 26.1 Å². The molecule has 0 atom stereocenters. The normalized spacial score (nSPS) is 11.8. The van der Waals surface area contributed by atoms with Crippen LogP contribution in [0, 0.1) is 12.7 Å². The molecule has 0 amide bonds. The summed E-state index contributed by atoms with van der Waals surface area (Å²) in [6, 6.07) is 10.0. The maximum atomic E-state index is 13.3. The Hall–Kier alpha value is -2.93. The maximum Gasteiger partial charge on any atom is 0.272 e. The molecule has 1 aromatic carbocycles. The summed E-state index contributed by atoms with van der Waals surface area (Å²) in [5, 5.41) is 3.81. The summed E-state index contributed by atoms with van der Waals surface area (Å²) in [4.78, 5) is 22.0. The molecule has 0 aliphatic heterocycles. The zero-order valence-corrected chi connectivity index (χ0v) is 14.0. The first-order chi connectivity index (χ1) is 12.0. The largest absolute Gasteiger partial charge is 0.357 e. The van der Waals surface area contributed by atoms with Crippen LogP contribution in [0.5, 0.6) is 0 Å². The third kappa shape index (κ3) is 3.06. The SMILES string of the molecule is Cc1cc2nc(CN(C)Cc3cc4cc(F)ccc4[nH]3)cc(=O)n2[nH]1. The minimum atomic E-state index is -0.244. The number of hydrogen-bond donors (Lipinski definition) is 2. The lowest BCUT2D eigenvalue weighted by molar-refractivity contribution is 0.312. The average Bonchev–Trinajstić information content (AvgIpc) is 3.09. The number of rotatable bonds is 4. The molecule has 7 heteroatoms. The number of benzene rings is 1. The van der Waals surface area contributed by atoms with Crippen LogP contribution in [0.2, 0.25) is 0 Å². The second-order valence-electron chi connectivity index (χ2n) is 6.42. The van der Waals surface area contributed by atoms with Crippen molar-refractivity contribution in [2.24, 2.45) is 0 Å². The monoisotopic (exact) mass is 339 g/mol. The summed E-state index contributed by atoms with van der Waals surface area (Å²) in [6.07, 6.45) is 0. The lowest BCUT2D eigenvalue weighted by atomic mass is 10.2. The van der Waals surface area contributed by atoms with Gasteiger partial charge in [0.25, 0.3) is 5.56 Å². The molecule has 2 N–H and O–H groups in total. The quantitative estimate of drug-likeness (QED) is 0.600. The number of fused-ring (bicyclic) bond motifs is 2. The van der Waals surface area contributed by atoms with Crippen molar-refractivity contribution in [2.75, 3.05) is 7.05 Å². The second kappa shape index (κ2) is 5.86. The molecule has 0 aliphatic carbocycles. The molecule has 0 bridgehead atoms. The van der Waals surface area contributed by atoms with Gasteiger partial charge in [-0.05, 0) is 38.2 Å². The van der Waals surface area contributed by atoms with Crippen LogP contribution in [0.3, 0.4) is 0 Å². The third-order valence-electron chi connectivity index (χ3n) is 4.14. The van der Waals surface area contributed by atoms with Crippen LogP contribution in [-0.4, -0.2) is 31.5 Å². The van der Waals surface area contributed by atoms with E-state index in [1.165, 1.54) is 16.6 Å². The second-order valence-corrected chi connectivity index (χ2v) is 6.42. The molecule has 6 nitrogen and oxygen atoms in total. The Morgan fingerprint density at radius 1 is 1.20 bits per heavy atom. The first-order valence-corrected chi connectivity index (χ1v) is 8.02. The molecule has 0 spiro atoms. The molecule has 128 valence electrons. The van der Waals surface area contributed by atoms with Crippen molar-refractivity contribution in [1.29, 1.82) is 0 Å². The summed E-state index contributed by atoms with van der Waals surface area (Å²) >= 11 is 0. The highest BCUT2D eigenvalue weighted by Crippen LogP contribution is 2.18. The van der Waals surface area contributed by atoms with E-state index in [0.29, 0.717) is 24.4 Å². The summed E-state index contributed by atoms with van der Waals surface area (Å²) in [7, 11) is 1.96. The Kier molecular flexibility index (Phi) is 3.65. The van der Waals surface area contributed by atoms with Gasteiger partial charge in [0.05, 0.1) is 5.69 Å². The van der Waals surface area contributed by atoms with Crippen molar-refractivity contribution in [3.05, 3.63) is 69.7 Å². The number of aromatic amines is 2. The predicted molar refractivity (Wildman–Crippen MR) is 94.0 cm³/mol. The van der Waals surface area contributed by atoms with Crippen LogP contribution in [0.4, 0.5) is 4.39 Å². The van der Waals surface area contributed by atoms with Crippen LogP contribution in [0.15, 0.2) is 41.2 Å².